The number of nitrogens with zero attached hydrogens (tertiary/aromatic N) is 1. The first-order valence-corrected chi connectivity index (χ1v) is 4.49. The fourth-order valence-electron chi connectivity index (χ4n) is 1.00. The minimum atomic E-state index is -2.51. The van der Waals surface area contributed by atoms with Crippen LogP contribution in [0, 0.1) is 6.92 Å². The zero-order valence-corrected chi connectivity index (χ0v) is 8.61. The lowest BCUT2D eigenvalue weighted by atomic mass is 10.1. The molecule has 0 bridgehead atoms. The predicted octanol–water partition coefficient (Wildman–Crippen LogP) is 2.55. The molecular formula is C8H9BrF2N2. The first-order valence-electron chi connectivity index (χ1n) is 3.70. The van der Waals surface area contributed by atoms with Crippen LogP contribution in [0.25, 0.3) is 0 Å². The number of hydrogen-bond acceptors (Lipinski definition) is 2. The van der Waals surface area contributed by atoms with Crippen LogP contribution in [-0.2, 0) is 6.54 Å². The molecule has 0 aliphatic rings. The summed E-state index contributed by atoms with van der Waals surface area (Å²) in [5, 5.41) is 0. The zero-order valence-electron chi connectivity index (χ0n) is 7.02. The molecule has 2 N–H and O–H groups in total. The summed E-state index contributed by atoms with van der Waals surface area (Å²) in [6, 6.07) is 0. The van der Waals surface area contributed by atoms with Crippen molar-refractivity contribution in [2.75, 3.05) is 0 Å². The molecule has 1 aromatic heterocycles. The lowest BCUT2D eigenvalue weighted by Gasteiger charge is -2.08. The molecular weight excluding hydrogens is 242 g/mol. The largest absolute Gasteiger partial charge is 0.325 e. The molecule has 1 rings (SSSR count). The van der Waals surface area contributed by atoms with E-state index in [0.29, 0.717) is 15.7 Å². The van der Waals surface area contributed by atoms with Crippen molar-refractivity contribution in [2.45, 2.75) is 19.9 Å². The van der Waals surface area contributed by atoms with Gasteiger partial charge < -0.3 is 5.73 Å². The summed E-state index contributed by atoms with van der Waals surface area (Å²) >= 11 is 3.10. The van der Waals surface area contributed by atoms with Crippen molar-refractivity contribution in [1.82, 2.24) is 4.98 Å². The Labute approximate surface area is 83.3 Å². The van der Waals surface area contributed by atoms with Gasteiger partial charge in [0.25, 0.3) is 6.43 Å². The Morgan fingerprint density at radius 3 is 2.69 bits per heavy atom. The van der Waals surface area contributed by atoms with E-state index in [-0.39, 0.29) is 12.1 Å². The summed E-state index contributed by atoms with van der Waals surface area (Å²) in [7, 11) is 0. The average Bonchev–Trinajstić information content (AvgIpc) is 2.09. The number of nitrogens with two attached hydrogens (primary N) is 1. The summed E-state index contributed by atoms with van der Waals surface area (Å²) in [6.07, 6.45) is -1.35. The normalized spacial score (nSPS) is 10.9. The smallest absolute Gasteiger partial charge is 0.266 e. The predicted molar refractivity (Wildman–Crippen MR) is 49.5 cm³/mol. The number of alkyl halides is 2. The SMILES string of the molecule is Cc1c(CN)ncc(C(F)F)c1Br. The zero-order chi connectivity index (χ0) is 10.0. The summed E-state index contributed by atoms with van der Waals surface area (Å²) in [4.78, 5) is 3.84. The molecule has 0 atom stereocenters. The highest BCUT2D eigenvalue weighted by atomic mass is 79.9. The van der Waals surface area contributed by atoms with E-state index in [2.05, 4.69) is 20.9 Å². The monoisotopic (exact) mass is 250 g/mol. The van der Waals surface area contributed by atoms with Crippen molar-refractivity contribution in [3.8, 4) is 0 Å². The minimum Gasteiger partial charge on any atom is -0.325 e. The first kappa shape index (κ1) is 10.5. The van der Waals surface area contributed by atoms with Crippen LogP contribution in [0.5, 0.6) is 0 Å². The maximum Gasteiger partial charge on any atom is 0.266 e. The van der Waals surface area contributed by atoms with Gasteiger partial charge in [-0.15, -0.1) is 0 Å². The Morgan fingerprint density at radius 1 is 1.62 bits per heavy atom. The van der Waals surface area contributed by atoms with E-state index >= 15 is 0 Å². The van der Waals surface area contributed by atoms with Crippen LogP contribution in [0.3, 0.4) is 0 Å². The molecule has 2 nitrogen and oxygen atoms in total. The Morgan fingerprint density at radius 2 is 2.23 bits per heavy atom. The Bertz CT molecular complexity index is 315. The van der Waals surface area contributed by atoms with Gasteiger partial charge in [-0.25, -0.2) is 8.78 Å². The molecule has 13 heavy (non-hydrogen) atoms. The lowest BCUT2D eigenvalue weighted by Crippen LogP contribution is -2.04. The third-order valence-electron chi connectivity index (χ3n) is 1.80. The molecule has 1 heterocycles. The molecule has 0 aliphatic carbocycles. The van der Waals surface area contributed by atoms with Crippen molar-refractivity contribution in [3.63, 3.8) is 0 Å². The van der Waals surface area contributed by atoms with Gasteiger partial charge in [-0.05, 0) is 28.4 Å². The maximum absolute atomic E-state index is 12.3. The molecule has 0 saturated carbocycles. The van der Waals surface area contributed by atoms with Gasteiger partial charge in [0.05, 0.1) is 11.3 Å². The molecule has 1 aromatic rings. The van der Waals surface area contributed by atoms with Gasteiger partial charge in [-0.2, -0.15) is 0 Å². The quantitative estimate of drug-likeness (QED) is 0.877. The van der Waals surface area contributed by atoms with Crippen LogP contribution in [0.4, 0.5) is 8.78 Å². The number of pyridine rings is 1. The average molecular weight is 251 g/mol. The summed E-state index contributed by atoms with van der Waals surface area (Å²) in [5.41, 5.74) is 6.60. The molecule has 72 valence electrons. The second kappa shape index (κ2) is 4.11. The highest BCUT2D eigenvalue weighted by Crippen LogP contribution is 2.30. The van der Waals surface area contributed by atoms with Crippen molar-refractivity contribution >= 4 is 15.9 Å². The van der Waals surface area contributed by atoms with Crippen molar-refractivity contribution in [3.05, 3.63) is 27.5 Å². The van der Waals surface area contributed by atoms with Crippen LogP contribution in [0.15, 0.2) is 10.7 Å². The van der Waals surface area contributed by atoms with Gasteiger partial charge >= 0.3 is 0 Å². The minimum absolute atomic E-state index is 0.0882. The topological polar surface area (TPSA) is 38.9 Å². The van der Waals surface area contributed by atoms with Gasteiger partial charge in [0.1, 0.15) is 0 Å². The molecule has 0 saturated heterocycles. The molecule has 5 heteroatoms. The Balaban J connectivity index is 3.23. The Hall–Kier alpha value is -0.550. The third-order valence-corrected chi connectivity index (χ3v) is 2.86. The van der Waals surface area contributed by atoms with Crippen molar-refractivity contribution in [1.29, 1.82) is 0 Å². The van der Waals surface area contributed by atoms with Crippen LogP contribution in [0.1, 0.15) is 23.2 Å². The molecule has 0 fully saturated rings. The van der Waals surface area contributed by atoms with E-state index in [9.17, 15) is 8.78 Å². The Kier molecular flexibility index (Phi) is 3.33. The third kappa shape index (κ3) is 2.03. The van der Waals surface area contributed by atoms with E-state index in [1.165, 1.54) is 0 Å². The van der Waals surface area contributed by atoms with E-state index in [0.717, 1.165) is 6.20 Å². The molecule has 0 aliphatic heterocycles. The van der Waals surface area contributed by atoms with E-state index < -0.39 is 6.43 Å². The standard InChI is InChI=1S/C8H9BrF2N2/c1-4-6(2-12)13-3-5(7(4)9)8(10)11/h3,8H,2,12H2,1H3. The molecule has 0 aromatic carbocycles. The molecule has 0 unspecified atom stereocenters. The van der Waals surface area contributed by atoms with Gasteiger partial charge in [-0.1, -0.05) is 0 Å². The number of aromatic nitrogens is 1. The summed E-state index contributed by atoms with van der Waals surface area (Å²) < 4.78 is 25.1. The maximum atomic E-state index is 12.3. The van der Waals surface area contributed by atoms with Crippen molar-refractivity contribution < 1.29 is 8.78 Å². The summed E-state index contributed by atoms with van der Waals surface area (Å²) in [5.74, 6) is 0. The van der Waals surface area contributed by atoms with Crippen LogP contribution >= 0.6 is 15.9 Å². The fraction of sp³-hybridized carbons (Fsp3) is 0.375. The van der Waals surface area contributed by atoms with Crippen LogP contribution in [0.2, 0.25) is 0 Å². The highest BCUT2D eigenvalue weighted by Gasteiger charge is 2.15. The molecule has 0 radical (unpaired) electrons. The second-order valence-corrected chi connectivity index (χ2v) is 3.40. The van der Waals surface area contributed by atoms with Gasteiger partial charge in [0.15, 0.2) is 0 Å². The number of rotatable bonds is 2. The number of halogens is 3. The first-order chi connectivity index (χ1) is 6.07. The van der Waals surface area contributed by atoms with Gasteiger partial charge in [0, 0.05) is 17.2 Å². The van der Waals surface area contributed by atoms with Crippen LogP contribution in [-0.4, -0.2) is 4.98 Å². The fourth-order valence-corrected chi connectivity index (χ4v) is 1.51. The lowest BCUT2D eigenvalue weighted by molar-refractivity contribution is 0.150. The second-order valence-electron chi connectivity index (χ2n) is 2.60. The van der Waals surface area contributed by atoms with Gasteiger partial charge in [-0.3, -0.25) is 4.98 Å². The van der Waals surface area contributed by atoms with E-state index in [4.69, 9.17) is 5.73 Å². The number of hydrogen-bond donors (Lipinski definition) is 1. The van der Waals surface area contributed by atoms with E-state index in [1.807, 2.05) is 0 Å². The molecule has 0 amide bonds. The van der Waals surface area contributed by atoms with Gasteiger partial charge in [0.2, 0.25) is 0 Å². The van der Waals surface area contributed by atoms with Crippen LogP contribution < -0.4 is 5.73 Å². The highest BCUT2D eigenvalue weighted by molar-refractivity contribution is 9.10. The summed E-state index contributed by atoms with van der Waals surface area (Å²) in [6.45, 7) is 1.97. The molecule has 0 spiro atoms. The van der Waals surface area contributed by atoms with Crippen molar-refractivity contribution in [2.24, 2.45) is 5.73 Å². The van der Waals surface area contributed by atoms with E-state index in [1.54, 1.807) is 6.92 Å².